The first-order chi connectivity index (χ1) is 12.4. The van der Waals surface area contributed by atoms with Crippen LogP contribution >= 0.6 is 0 Å². The van der Waals surface area contributed by atoms with Crippen LogP contribution < -0.4 is 15.0 Å². The molecule has 4 amide bonds. The van der Waals surface area contributed by atoms with Gasteiger partial charge in [-0.05, 0) is 55.3 Å². The van der Waals surface area contributed by atoms with Crippen molar-refractivity contribution in [1.82, 2.24) is 5.32 Å². The Kier molecular flexibility index (Phi) is 4.58. The Morgan fingerprint density at radius 1 is 1.00 bits per heavy atom. The number of carbonyl (C=O) groups excluding carboxylic acids is 3. The monoisotopic (exact) mass is 350 g/mol. The lowest BCUT2D eigenvalue weighted by atomic mass is 10.0. The predicted molar refractivity (Wildman–Crippen MR) is 97.9 cm³/mol. The number of imide groups is 2. The molecule has 2 aromatic rings. The number of aryl methyl sites for hydroxylation is 2. The maximum Gasteiger partial charge on any atom is 0.335 e. The summed E-state index contributed by atoms with van der Waals surface area (Å²) in [6.07, 6.45) is 1.47. The van der Waals surface area contributed by atoms with E-state index >= 15 is 0 Å². The summed E-state index contributed by atoms with van der Waals surface area (Å²) in [4.78, 5) is 38.1. The molecule has 6 nitrogen and oxygen atoms in total. The fourth-order valence-electron chi connectivity index (χ4n) is 2.74. The molecule has 3 rings (SSSR count). The van der Waals surface area contributed by atoms with E-state index < -0.39 is 17.8 Å². The van der Waals surface area contributed by atoms with Crippen molar-refractivity contribution in [3.05, 3.63) is 64.7 Å². The predicted octanol–water partition coefficient (Wildman–Crippen LogP) is 2.98. The second-order valence-electron chi connectivity index (χ2n) is 6.02. The molecule has 1 aliphatic heterocycles. The van der Waals surface area contributed by atoms with Gasteiger partial charge in [0, 0.05) is 0 Å². The molecule has 0 radical (unpaired) electrons. The van der Waals surface area contributed by atoms with Gasteiger partial charge >= 0.3 is 6.03 Å². The van der Waals surface area contributed by atoms with Crippen LogP contribution in [0.5, 0.6) is 5.75 Å². The highest BCUT2D eigenvalue weighted by Gasteiger charge is 2.36. The van der Waals surface area contributed by atoms with Crippen LogP contribution in [0.2, 0.25) is 0 Å². The summed E-state index contributed by atoms with van der Waals surface area (Å²) < 4.78 is 5.21. The number of nitrogens with one attached hydrogen (secondary N) is 1. The summed E-state index contributed by atoms with van der Waals surface area (Å²) in [5.74, 6) is -0.657. The minimum atomic E-state index is -0.757. The van der Waals surface area contributed by atoms with E-state index in [-0.39, 0.29) is 5.57 Å². The number of hydrogen-bond acceptors (Lipinski definition) is 4. The molecule has 132 valence electrons. The molecule has 0 unspecified atom stereocenters. The highest BCUT2D eigenvalue weighted by Crippen LogP contribution is 2.24. The number of benzene rings is 2. The van der Waals surface area contributed by atoms with E-state index in [2.05, 4.69) is 5.32 Å². The van der Waals surface area contributed by atoms with Crippen molar-refractivity contribution >= 4 is 29.6 Å². The van der Waals surface area contributed by atoms with E-state index in [1.807, 2.05) is 13.8 Å². The number of carbonyl (C=O) groups is 3. The van der Waals surface area contributed by atoms with Gasteiger partial charge in [-0.25, -0.2) is 9.69 Å². The third-order valence-electron chi connectivity index (χ3n) is 4.12. The first kappa shape index (κ1) is 17.4. The average molecular weight is 350 g/mol. The van der Waals surface area contributed by atoms with Gasteiger partial charge in [0.15, 0.2) is 0 Å². The molecule has 1 aliphatic rings. The highest BCUT2D eigenvalue weighted by molar-refractivity contribution is 6.39. The zero-order chi connectivity index (χ0) is 18.8. The van der Waals surface area contributed by atoms with Gasteiger partial charge in [0.1, 0.15) is 11.3 Å². The third-order valence-corrected chi connectivity index (χ3v) is 4.12. The van der Waals surface area contributed by atoms with E-state index in [0.29, 0.717) is 17.0 Å². The number of nitrogens with zero attached hydrogens (tertiary/aromatic N) is 1. The molecule has 1 fully saturated rings. The van der Waals surface area contributed by atoms with Gasteiger partial charge in [-0.15, -0.1) is 0 Å². The fourth-order valence-corrected chi connectivity index (χ4v) is 2.74. The number of urea groups is 1. The highest BCUT2D eigenvalue weighted by atomic mass is 16.5. The normalized spacial score (nSPS) is 16.0. The molecule has 0 bridgehead atoms. The Bertz CT molecular complexity index is 929. The Labute approximate surface area is 151 Å². The topological polar surface area (TPSA) is 75.7 Å². The maximum atomic E-state index is 12.8. The van der Waals surface area contributed by atoms with E-state index in [9.17, 15) is 14.4 Å². The number of rotatable bonds is 3. The first-order valence-electron chi connectivity index (χ1n) is 8.03. The molecule has 2 aromatic carbocycles. The Morgan fingerprint density at radius 3 is 2.31 bits per heavy atom. The largest absolute Gasteiger partial charge is 0.496 e. The number of barbiturate groups is 1. The van der Waals surface area contributed by atoms with Crippen molar-refractivity contribution in [1.29, 1.82) is 0 Å². The lowest BCUT2D eigenvalue weighted by Gasteiger charge is -2.26. The standard InChI is InChI=1S/C20H18N2O4/c1-12-4-7-15(8-5-12)22-19(24)16(18(23)21-20(22)25)11-14-6-9-17(26-3)13(2)10-14/h4-11H,1-3H3,(H,21,23,25). The molecule has 0 aliphatic carbocycles. The summed E-state index contributed by atoms with van der Waals surface area (Å²) >= 11 is 0. The molecule has 1 N–H and O–H groups in total. The van der Waals surface area contributed by atoms with Crippen LogP contribution in [-0.4, -0.2) is 25.0 Å². The molecule has 1 heterocycles. The summed E-state index contributed by atoms with van der Waals surface area (Å²) in [6, 6.07) is 11.5. The van der Waals surface area contributed by atoms with Crippen LogP contribution in [0.15, 0.2) is 48.0 Å². The van der Waals surface area contributed by atoms with Crippen molar-refractivity contribution in [2.24, 2.45) is 0 Å². The van der Waals surface area contributed by atoms with Gasteiger partial charge in [-0.3, -0.25) is 14.9 Å². The lowest BCUT2D eigenvalue weighted by molar-refractivity contribution is -0.122. The van der Waals surface area contributed by atoms with Crippen LogP contribution in [0.25, 0.3) is 6.08 Å². The van der Waals surface area contributed by atoms with Gasteiger partial charge in [0.05, 0.1) is 12.8 Å². The van der Waals surface area contributed by atoms with Gasteiger partial charge in [0.25, 0.3) is 11.8 Å². The molecule has 0 spiro atoms. The molecule has 0 saturated carbocycles. The Balaban J connectivity index is 1.99. The van der Waals surface area contributed by atoms with Gasteiger partial charge < -0.3 is 4.74 Å². The summed E-state index contributed by atoms with van der Waals surface area (Å²) in [7, 11) is 1.57. The third kappa shape index (κ3) is 3.21. The molecular formula is C20H18N2O4. The minimum absolute atomic E-state index is 0.102. The van der Waals surface area contributed by atoms with E-state index in [0.717, 1.165) is 16.0 Å². The van der Waals surface area contributed by atoms with Crippen molar-refractivity contribution in [3.63, 3.8) is 0 Å². The lowest BCUT2D eigenvalue weighted by Crippen LogP contribution is -2.54. The molecule has 0 atom stereocenters. The number of ether oxygens (including phenoxy) is 1. The van der Waals surface area contributed by atoms with E-state index in [1.54, 1.807) is 49.6 Å². The van der Waals surface area contributed by atoms with Gasteiger partial charge in [0.2, 0.25) is 0 Å². The second kappa shape index (κ2) is 6.84. The van der Waals surface area contributed by atoms with Gasteiger partial charge in [-0.2, -0.15) is 0 Å². The van der Waals surface area contributed by atoms with Crippen molar-refractivity contribution in [3.8, 4) is 5.75 Å². The van der Waals surface area contributed by atoms with E-state index in [4.69, 9.17) is 4.74 Å². The average Bonchev–Trinajstić information content (AvgIpc) is 2.60. The summed E-state index contributed by atoms with van der Waals surface area (Å²) in [5, 5.41) is 2.21. The fraction of sp³-hybridized carbons (Fsp3) is 0.150. The minimum Gasteiger partial charge on any atom is -0.496 e. The quantitative estimate of drug-likeness (QED) is 0.682. The van der Waals surface area contributed by atoms with Gasteiger partial charge in [-0.1, -0.05) is 23.8 Å². The van der Waals surface area contributed by atoms with E-state index in [1.165, 1.54) is 6.08 Å². The summed E-state index contributed by atoms with van der Waals surface area (Å²) in [5.41, 5.74) is 2.84. The van der Waals surface area contributed by atoms with Crippen molar-refractivity contribution in [2.75, 3.05) is 12.0 Å². The van der Waals surface area contributed by atoms with Crippen LogP contribution in [0, 0.1) is 13.8 Å². The van der Waals surface area contributed by atoms with Crippen molar-refractivity contribution in [2.45, 2.75) is 13.8 Å². The number of amides is 4. The molecule has 6 heteroatoms. The first-order valence-corrected chi connectivity index (χ1v) is 8.03. The zero-order valence-electron chi connectivity index (χ0n) is 14.7. The Hall–Kier alpha value is -3.41. The molecule has 0 aromatic heterocycles. The molecular weight excluding hydrogens is 332 g/mol. The second-order valence-corrected chi connectivity index (χ2v) is 6.02. The van der Waals surface area contributed by atoms with Crippen LogP contribution in [0.1, 0.15) is 16.7 Å². The smallest absolute Gasteiger partial charge is 0.335 e. The van der Waals surface area contributed by atoms with Crippen molar-refractivity contribution < 1.29 is 19.1 Å². The number of hydrogen-bond donors (Lipinski definition) is 1. The molecule has 26 heavy (non-hydrogen) atoms. The van der Waals surface area contributed by atoms with Crippen LogP contribution in [-0.2, 0) is 9.59 Å². The molecule has 1 saturated heterocycles. The summed E-state index contributed by atoms with van der Waals surface area (Å²) in [6.45, 7) is 3.77. The SMILES string of the molecule is COc1ccc(C=C2C(=O)NC(=O)N(c3ccc(C)cc3)C2=O)cc1C. The van der Waals surface area contributed by atoms with Crippen LogP contribution in [0.4, 0.5) is 10.5 Å². The number of methoxy groups -OCH3 is 1. The van der Waals surface area contributed by atoms with Crippen LogP contribution in [0.3, 0.4) is 0 Å². The number of anilines is 1. The Morgan fingerprint density at radius 2 is 1.69 bits per heavy atom. The maximum absolute atomic E-state index is 12.8. The zero-order valence-corrected chi connectivity index (χ0v) is 14.7.